The molecule has 7 nitrogen and oxygen atoms in total. The molecule has 0 spiro atoms. The van der Waals surface area contributed by atoms with Gasteiger partial charge in [0.05, 0.1) is 29.3 Å². The Morgan fingerprint density at radius 3 is 2.97 bits per heavy atom. The Balaban J connectivity index is 1.25. The Morgan fingerprint density at radius 2 is 2.09 bits per heavy atom. The lowest BCUT2D eigenvalue weighted by Crippen LogP contribution is -2.35. The van der Waals surface area contributed by atoms with Crippen molar-refractivity contribution < 1.29 is 4.79 Å². The van der Waals surface area contributed by atoms with Crippen molar-refractivity contribution in [1.29, 1.82) is 0 Å². The highest BCUT2D eigenvalue weighted by molar-refractivity contribution is 5.97. The molecule has 3 aromatic rings. The van der Waals surface area contributed by atoms with Crippen molar-refractivity contribution in [3.05, 3.63) is 59.2 Å². The molecule has 1 aromatic carbocycles. The Labute approximate surface area is 189 Å². The van der Waals surface area contributed by atoms with Crippen LogP contribution in [0.4, 0.5) is 0 Å². The van der Waals surface area contributed by atoms with E-state index in [1.54, 1.807) is 0 Å². The summed E-state index contributed by atoms with van der Waals surface area (Å²) in [7, 11) is 2.14. The van der Waals surface area contributed by atoms with Gasteiger partial charge in [0.2, 0.25) is 0 Å². The summed E-state index contributed by atoms with van der Waals surface area (Å²) in [5, 5.41) is 6.47. The lowest BCUT2D eigenvalue weighted by molar-refractivity contribution is 0.0944. The van der Waals surface area contributed by atoms with E-state index in [0.717, 1.165) is 62.2 Å². The molecule has 32 heavy (non-hydrogen) atoms. The van der Waals surface area contributed by atoms with Gasteiger partial charge in [-0.05, 0) is 88.0 Å². The highest BCUT2D eigenvalue weighted by atomic mass is 16.1. The van der Waals surface area contributed by atoms with Crippen LogP contribution in [-0.2, 0) is 13.0 Å². The molecule has 2 aliphatic rings. The number of piperidine rings is 1. The van der Waals surface area contributed by atoms with Crippen molar-refractivity contribution in [2.45, 2.75) is 44.7 Å². The summed E-state index contributed by atoms with van der Waals surface area (Å²) in [6.07, 6.45) is 7.55. The molecule has 1 aliphatic heterocycles. The van der Waals surface area contributed by atoms with Gasteiger partial charge in [0.1, 0.15) is 5.82 Å². The first-order valence-electron chi connectivity index (χ1n) is 11.8. The van der Waals surface area contributed by atoms with Crippen LogP contribution in [0.3, 0.4) is 0 Å². The molecule has 5 rings (SSSR count). The molecule has 0 saturated carbocycles. The third-order valence-electron chi connectivity index (χ3n) is 6.90. The summed E-state index contributed by atoms with van der Waals surface area (Å²) >= 11 is 0. The summed E-state index contributed by atoms with van der Waals surface area (Å²) in [6.45, 7) is 3.54. The second kappa shape index (κ2) is 9.38. The topological polar surface area (TPSA) is 85.9 Å². The van der Waals surface area contributed by atoms with Gasteiger partial charge in [-0.25, -0.2) is 4.98 Å². The average molecular weight is 433 g/mol. The molecule has 1 unspecified atom stereocenters. The number of pyridine rings is 1. The van der Waals surface area contributed by atoms with Crippen LogP contribution in [0.15, 0.2) is 36.5 Å². The first kappa shape index (κ1) is 21.1. The molecule has 1 saturated heterocycles. The summed E-state index contributed by atoms with van der Waals surface area (Å²) in [5.41, 5.74) is 5.04. The lowest BCUT2D eigenvalue weighted by atomic mass is 9.91. The maximum absolute atomic E-state index is 12.7. The van der Waals surface area contributed by atoms with Crippen molar-refractivity contribution in [3.8, 4) is 0 Å². The monoisotopic (exact) mass is 432 g/mol. The fourth-order valence-electron chi connectivity index (χ4n) is 5.06. The number of hydrogen-bond acceptors (Lipinski definition) is 5. The number of aromatic amines is 1. The van der Waals surface area contributed by atoms with Crippen LogP contribution in [0, 0.1) is 5.92 Å². The van der Waals surface area contributed by atoms with Crippen molar-refractivity contribution in [2.75, 3.05) is 26.7 Å². The number of aryl methyl sites for hydroxylation is 1. The standard InChI is InChI=1S/C25H32N6O/c1-31(22-6-2-4-18-5-3-11-27-24(18)22)16-23-29-20-8-7-19(14-21(20)30-23)25(32)28-15-17-9-12-26-13-10-17/h3,5,7-8,11,14,17,22,26H,2,4,6,9-10,12-13,15-16H2,1H3,(H,28,32)(H,29,30). The van der Waals surface area contributed by atoms with E-state index in [2.05, 4.69) is 38.6 Å². The molecule has 1 fully saturated rings. The number of aromatic nitrogens is 3. The summed E-state index contributed by atoms with van der Waals surface area (Å²) in [6, 6.07) is 10.3. The van der Waals surface area contributed by atoms with Crippen molar-refractivity contribution in [3.63, 3.8) is 0 Å². The molecule has 2 aromatic heterocycles. The number of carbonyl (C=O) groups is 1. The Hall–Kier alpha value is -2.77. The van der Waals surface area contributed by atoms with Crippen LogP contribution in [0.25, 0.3) is 11.0 Å². The Morgan fingerprint density at radius 1 is 1.22 bits per heavy atom. The first-order valence-corrected chi connectivity index (χ1v) is 11.8. The molecule has 3 N–H and O–H groups in total. The van der Waals surface area contributed by atoms with Crippen LogP contribution < -0.4 is 10.6 Å². The number of nitrogens with one attached hydrogen (secondary N) is 3. The lowest BCUT2D eigenvalue weighted by Gasteiger charge is -2.31. The third-order valence-corrected chi connectivity index (χ3v) is 6.90. The van der Waals surface area contributed by atoms with Crippen molar-refractivity contribution in [1.82, 2.24) is 30.5 Å². The van der Waals surface area contributed by atoms with Gasteiger partial charge in [0.15, 0.2) is 0 Å². The van der Waals surface area contributed by atoms with E-state index in [4.69, 9.17) is 4.98 Å². The van der Waals surface area contributed by atoms with E-state index in [1.807, 2.05) is 30.5 Å². The Bertz CT molecular complexity index is 1090. The number of H-pyrrole nitrogens is 1. The third kappa shape index (κ3) is 4.54. The van der Waals surface area contributed by atoms with Crippen LogP contribution in [0.5, 0.6) is 0 Å². The first-order chi connectivity index (χ1) is 15.7. The second-order valence-electron chi connectivity index (χ2n) is 9.19. The number of hydrogen-bond donors (Lipinski definition) is 3. The molecule has 7 heteroatoms. The SMILES string of the molecule is CN(Cc1nc2ccc(C(=O)NCC3CCNCC3)cc2[nH]1)C1CCCc2cccnc21. The zero-order valence-corrected chi connectivity index (χ0v) is 18.7. The van der Waals surface area contributed by atoms with Gasteiger partial charge >= 0.3 is 0 Å². The van der Waals surface area contributed by atoms with Gasteiger partial charge in [-0.15, -0.1) is 0 Å². The smallest absolute Gasteiger partial charge is 0.251 e. The minimum Gasteiger partial charge on any atom is -0.352 e. The number of fused-ring (bicyclic) bond motifs is 2. The zero-order valence-electron chi connectivity index (χ0n) is 18.7. The van der Waals surface area contributed by atoms with Gasteiger partial charge in [-0.2, -0.15) is 0 Å². The predicted octanol–water partition coefficient (Wildman–Crippen LogP) is 3.20. The quantitative estimate of drug-likeness (QED) is 0.557. The highest BCUT2D eigenvalue weighted by Crippen LogP contribution is 2.32. The minimum absolute atomic E-state index is 0.0106. The van der Waals surface area contributed by atoms with Gasteiger partial charge in [-0.1, -0.05) is 6.07 Å². The number of nitrogens with zero attached hydrogens (tertiary/aromatic N) is 3. The molecule has 0 bridgehead atoms. The van der Waals surface area contributed by atoms with Gasteiger partial charge < -0.3 is 15.6 Å². The summed E-state index contributed by atoms with van der Waals surface area (Å²) in [4.78, 5) is 27.9. The normalized spacial score (nSPS) is 19.2. The average Bonchev–Trinajstić information content (AvgIpc) is 3.24. The number of rotatable bonds is 6. The van der Waals surface area contributed by atoms with Crippen LogP contribution in [-0.4, -0.2) is 52.4 Å². The second-order valence-corrected chi connectivity index (χ2v) is 9.19. The van der Waals surface area contributed by atoms with Gasteiger partial charge in [-0.3, -0.25) is 14.7 Å². The number of benzene rings is 1. The van der Waals surface area contributed by atoms with Crippen molar-refractivity contribution in [2.24, 2.45) is 5.92 Å². The number of imidazole rings is 1. The van der Waals surface area contributed by atoms with E-state index in [9.17, 15) is 4.79 Å². The molecule has 3 heterocycles. The predicted molar refractivity (Wildman–Crippen MR) is 125 cm³/mol. The van der Waals surface area contributed by atoms with E-state index >= 15 is 0 Å². The van der Waals surface area contributed by atoms with Gasteiger partial charge in [0, 0.05) is 18.3 Å². The molecule has 0 radical (unpaired) electrons. The van der Waals surface area contributed by atoms with Crippen LogP contribution in [0.1, 0.15) is 59.2 Å². The molecular weight excluding hydrogens is 400 g/mol. The summed E-state index contributed by atoms with van der Waals surface area (Å²) < 4.78 is 0. The summed E-state index contributed by atoms with van der Waals surface area (Å²) in [5.74, 6) is 1.47. The highest BCUT2D eigenvalue weighted by Gasteiger charge is 2.25. The Kier molecular flexibility index (Phi) is 6.19. The van der Waals surface area contributed by atoms with Crippen LogP contribution in [0.2, 0.25) is 0 Å². The minimum atomic E-state index is -0.0106. The fourth-order valence-corrected chi connectivity index (χ4v) is 5.06. The number of amides is 1. The molecule has 1 amide bonds. The maximum Gasteiger partial charge on any atom is 0.251 e. The fraction of sp³-hybridized carbons (Fsp3) is 0.480. The largest absolute Gasteiger partial charge is 0.352 e. The van der Waals surface area contributed by atoms with Crippen LogP contribution >= 0.6 is 0 Å². The molecule has 1 aliphatic carbocycles. The zero-order chi connectivity index (χ0) is 21.9. The molecular formula is C25H32N6O. The van der Waals surface area contributed by atoms with E-state index in [-0.39, 0.29) is 5.91 Å². The molecule has 168 valence electrons. The number of carbonyl (C=O) groups excluding carboxylic acids is 1. The van der Waals surface area contributed by atoms with E-state index in [0.29, 0.717) is 24.1 Å². The molecule has 1 atom stereocenters. The van der Waals surface area contributed by atoms with Crippen molar-refractivity contribution >= 4 is 16.9 Å². The maximum atomic E-state index is 12.7. The van der Waals surface area contributed by atoms with E-state index < -0.39 is 0 Å². The van der Waals surface area contributed by atoms with E-state index in [1.165, 1.54) is 17.7 Å². The van der Waals surface area contributed by atoms with Gasteiger partial charge in [0.25, 0.3) is 5.91 Å².